The minimum absolute atomic E-state index is 0.0419. The highest BCUT2D eigenvalue weighted by molar-refractivity contribution is 5.98. The van der Waals surface area contributed by atoms with Gasteiger partial charge in [0.25, 0.3) is 5.91 Å². The molecule has 4 atom stereocenters. The molecule has 0 bridgehead atoms. The van der Waals surface area contributed by atoms with Gasteiger partial charge in [0.1, 0.15) is 11.8 Å². The second kappa shape index (κ2) is 7.06. The largest absolute Gasteiger partial charge is 0.492 e. The number of nitrogens with zero attached hydrogens (tertiary/aromatic N) is 2. The standard InChI is InChI=1S/C22H29N7O5/c1-10(30)14-16-21(28-18(23)27-16)22(32,33)13(9-29(21)19(24)26-14)25-17(31)11-5-4-6-12-15(11)34-8-7-20(12,2)3/h4-6,13-14,16,32-33H,7-9H2,1-3H3,(H6,23,24,25,26,27,28,31)/p+1/t13-,14?,16-,21-/m0/s1. The van der Waals surface area contributed by atoms with Gasteiger partial charge in [0.15, 0.2) is 23.8 Å². The lowest BCUT2D eigenvalue weighted by Gasteiger charge is -2.43. The Bertz CT molecular complexity index is 1160. The smallest absolute Gasteiger partial charge is 0.346 e. The first-order valence-electron chi connectivity index (χ1n) is 11.2. The summed E-state index contributed by atoms with van der Waals surface area (Å²) >= 11 is 0. The summed E-state index contributed by atoms with van der Waals surface area (Å²) < 4.78 is 7.30. The van der Waals surface area contributed by atoms with Crippen molar-refractivity contribution in [2.24, 2.45) is 16.5 Å². The number of aliphatic hydroxyl groups is 2. The van der Waals surface area contributed by atoms with E-state index in [1.54, 1.807) is 12.1 Å². The maximum absolute atomic E-state index is 13.4. The number of Topliss-reactive ketones (excluding diaryl/α,β-unsaturated/α-hetero) is 1. The van der Waals surface area contributed by atoms with Gasteiger partial charge in [0, 0.05) is 5.56 Å². The number of amides is 1. The summed E-state index contributed by atoms with van der Waals surface area (Å²) in [4.78, 5) is 29.9. The Morgan fingerprint density at radius 2 is 2.03 bits per heavy atom. The van der Waals surface area contributed by atoms with Crippen LogP contribution in [-0.2, 0) is 10.2 Å². The van der Waals surface area contributed by atoms with Gasteiger partial charge in [-0.05, 0) is 24.8 Å². The molecule has 0 aliphatic carbocycles. The number of ketones is 1. The van der Waals surface area contributed by atoms with E-state index in [-0.39, 0.29) is 29.7 Å². The van der Waals surface area contributed by atoms with Crippen LogP contribution in [0.15, 0.2) is 23.2 Å². The van der Waals surface area contributed by atoms with Gasteiger partial charge in [-0.15, -0.1) is 0 Å². The summed E-state index contributed by atoms with van der Waals surface area (Å²) in [5.41, 5.74) is 11.4. The second-order valence-electron chi connectivity index (χ2n) is 10.00. The fourth-order valence-electron chi connectivity index (χ4n) is 5.57. The summed E-state index contributed by atoms with van der Waals surface area (Å²) in [6.45, 7) is 5.92. The molecule has 4 aliphatic rings. The third kappa shape index (κ3) is 2.84. The van der Waals surface area contributed by atoms with E-state index >= 15 is 0 Å². The molecule has 1 amide bonds. The maximum Gasteiger partial charge on any atom is 0.346 e. The molecule has 0 radical (unpaired) electrons. The molecule has 1 unspecified atom stereocenters. The molecule has 4 aliphatic heterocycles. The molecular formula is C22H30N7O5+. The number of hydrogen-bond acceptors (Lipinski definition) is 10. The first kappa shape index (κ1) is 22.4. The monoisotopic (exact) mass is 472 g/mol. The summed E-state index contributed by atoms with van der Waals surface area (Å²) in [6, 6.07) is 2.21. The molecule has 1 saturated heterocycles. The number of carbonyl (C=O) groups is 2. The normalized spacial score (nSPS) is 32.3. The molecule has 1 aromatic carbocycles. The summed E-state index contributed by atoms with van der Waals surface area (Å²) in [7, 11) is 0. The molecule has 9 N–H and O–H groups in total. The number of guanidine groups is 2. The minimum Gasteiger partial charge on any atom is -0.492 e. The predicted molar refractivity (Wildman–Crippen MR) is 121 cm³/mol. The molecule has 0 aromatic heterocycles. The highest BCUT2D eigenvalue weighted by Gasteiger charge is 2.75. The van der Waals surface area contributed by atoms with Crippen molar-refractivity contribution in [2.45, 2.75) is 62.2 Å². The second-order valence-corrected chi connectivity index (χ2v) is 10.00. The lowest BCUT2D eigenvalue weighted by Crippen LogP contribution is -2.79. The van der Waals surface area contributed by atoms with Crippen LogP contribution in [0.4, 0.5) is 0 Å². The van der Waals surface area contributed by atoms with E-state index in [2.05, 4.69) is 34.8 Å². The number of para-hydroxylation sites is 1. The molecule has 1 aromatic rings. The molecule has 34 heavy (non-hydrogen) atoms. The Labute approximate surface area is 196 Å². The van der Waals surface area contributed by atoms with Gasteiger partial charge < -0.3 is 31.3 Å². The number of aliphatic imine (C=N–C) groups is 1. The molecule has 12 nitrogen and oxygen atoms in total. The summed E-state index contributed by atoms with van der Waals surface area (Å²) in [6.07, 6.45) is 0.815. The van der Waals surface area contributed by atoms with Gasteiger partial charge in [-0.1, -0.05) is 26.0 Å². The number of carbonyl (C=O) groups excluding carboxylic acids is 2. The fourth-order valence-corrected chi connectivity index (χ4v) is 5.57. The van der Waals surface area contributed by atoms with Crippen molar-refractivity contribution < 1.29 is 29.1 Å². The van der Waals surface area contributed by atoms with Crippen LogP contribution in [0.2, 0.25) is 0 Å². The number of rotatable bonds is 3. The number of ether oxygens (including phenoxy) is 1. The van der Waals surface area contributed by atoms with E-state index in [0.29, 0.717) is 17.9 Å². The first-order valence-corrected chi connectivity index (χ1v) is 11.2. The van der Waals surface area contributed by atoms with E-state index in [9.17, 15) is 19.8 Å². The van der Waals surface area contributed by atoms with Gasteiger partial charge in [-0.25, -0.2) is 9.57 Å². The van der Waals surface area contributed by atoms with Crippen LogP contribution in [0, 0.1) is 0 Å². The van der Waals surface area contributed by atoms with Gasteiger partial charge in [-0.2, -0.15) is 0 Å². The van der Waals surface area contributed by atoms with Gasteiger partial charge >= 0.3 is 5.96 Å². The van der Waals surface area contributed by atoms with Crippen molar-refractivity contribution in [3.05, 3.63) is 29.3 Å². The molecule has 1 spiro atoms. The van der Waals surface area contributed by atoms with Crippen molar-refractivity contribution in [1.29, 1.82) is 0 Å². The number of benzene rings is 1. The van der Waals surface area contributed by atoms with Crippen molar-refractivity contribution in [2.75, 3.05) is 13.2 Å². The zero-order chi connectivity index (χ0) is 24.6. The van der Waals surface area contributed by atoms with Crippen molar-refractivity contribution in [3.63, 3.8) is 0 Å². The van der Waals surface area contributed by atoms with Crippen LogP contribution < -0.4 is 32.2 Å². The summed E-state index contributed by atoms with van der Waals surface area (Å²) in [5.74, 6) is -2.95. The predicted octanol–water partition coefficient (Wildman–Crippen LogP) is -2.59. The average molecular weight is 473 g/mol. The van der Waals surface area contributed by atoms with Gasteiger partial charge in [0.05, 0.1) is 18.7 Å². The topological polar surface area (TPSA) is 187 Å². The third-order valence-electron chi connectivity index (χ3n) is 7.48. The van der Waals surface area contributed by atoms with Crippen LogP contribution in [-0.4, -0.2) is 81.1 Å². The highest BCUT2D eigenvalue weighted by atomic mass is 16.5. The third-order valence-corrected chi connectivity index (χ3v) is 7.48. The number of hydrogen-bond donors (Lipinski definition) is 7. The van der Waals surface area contributed by atoms with Crippen molar-refractivity contribution >= 4 is 23.6 Å². The SMILES string of the molecule is CC(=O)C1NC(N)=[N+]2C[C@H](NC(=O)c3cccc4c3OCCC4(C)C)C(O)(O)[C@@]23NC(N)=N[C@@H]13. The van der Waals surface area contributed by atoms with Crippen LogP contribution >= 0.6 is 0 Å². The van der Waals surface area contributed by atoms with Crippen LogP contribution in [0.1, 0.15) is 43.1 Å². The van der Waals surface area contributed by atoms with E-state index in [4.69, 9.17) is 16.2 Å². The Balaban J connectivity index is 1.51. The number of nitrogens with two attached hydrogens (primary N) is 2. The first-order chi connectivity index (χ1) is 15.9. The van der Waals surface area contributed by atoms with Crippen LogP contribution in [0.25, 0.3) is 0 Å². The Kier molecular flexibility index (Phi) is 4.65. The van der Waals surface area contributed by atoms with Crippen molar-refractivity contribution in [1.82, 2.24) is 16.0 Å². The van der Waals surface area contributed by atoms with E-state index in [0.717, 1.165) is 12.0 Å². The lowest BCUT2D eigenvalue weighted by molar-refractivity contribution is -0.622. The van der Waals surface area contributed by atoms with Crippen LogP contribution in [0.5, 0.6) is 5.75 Å². The molecule has 182 valence electrons. The Morgan fingerprint density at radius 3 is 2.74 bits per heavy atom. The van der Waals surface area contributed by atoms with Crippen LogP contribution in [0.3, 0.4) is 0 Å². The maximum atomic E-state index is 13.4. The van der Waals surface area contributed by atoms with Gasteiger partial charge in [0.2, 0.25) is 11.4 Å². The summed E-state index contributed by atoms with van der Waals surface area (Å²) in [5, 5.41) is 31.3. The molecule has 0 saturated carbocycles. The van der Waals surface area contributed by atoms with E-state index in [1.165, 1.54) is 11.5 Å². The van der Waals surface area contributed by atoms with Crippen molar-refractivity contribution in [3.8, 4) is 5.75 Å². The van der Waals surface area contributed by atoms with E-state index < -0.39 is 35.5 Å². The molecular weight excluding hydrogens is 442 g/mol. The highest BCUT2D eigenvalue weighted by Crippen LogP contribution is 2.43. The average Bonchev–Trinajstić information content (AvgIpc) is 3.22. The quantitative estimate of drug-likeness (QED) is 0.183. The number of fused-ring (bicyclic) bond motifs is 1. The number of nitrogens with one attached hydrogen (secondary N) is 3. The fraction of sp³-hybridized carbons (Fsp3) is 0.545. The zero-order valence-electron chi connectivity index (χ0n) is 19.3. The van der Waals surface area contributed by atoms with E-state index in [1.807, 2.05) is 6.07 Å². The molecule has 1 fully saturated rings. The lowest BCUT2D eigenvalue weighted by atomic mass is 9.79. The molecule has 4 heterocycles. The van der Waals surface area contributed by atoms with Gasteiger partial charge in [-0.3, -0.25) is 20.6 Å². The minimum atomic E-state index is -2.59. The molecule has 5 rings (SSSR count). The Hall–Kier alpha value is -3.38. The zero-order valence-corrected chi connectivity index (χ0v) is 19.3. The molecule has 12 heteroatoms. The Morgan fingerprint density at radius 1 is 1.29 bits per heavy atom.